The SMILES string of the molecule is COC[C@@H]1CN(CC2CC2)C[C@@]12CCN(Cc1ccc3c(c1)OCO3)C2. The van der Waals surface area contributed by atoms with Crippen LogP contribution in [0.25, 0.3) is 0 Å². The molecule has 2 atom stereocenters. The van der Waals surface area contributed by atoms with Gasteiger partial charge in [-0.2, -0.15) is 0 Å². The predicted molar refractivity (Wildman–Crippen MR) is 99.4 cm³/mol. The lowest BCUT2D eigenvalue weighted by Crippen LogP contribution is -2.36. The Hall–Kier alpha value is -1.30. The lowest BCUT2D eigenvalue weighted by atomic mass is 9.77. The second-order valence-electron chi connectivity index (χ2n) is 8.80. The molecule has 4 aliphatic rings. The van der Waals surface area contributed by atoms with Crippen LogP contribution in [0.3, 0.4) is 0 Å². The molecule has 142 valence electrons. The van der Waals surface area contributed by atoms with Crippen molar-refractivity contribution in [3.8, 4) is 11.5 Å². The highest BCUT2D eigenvalue weighted by Crippen LogP contribution is 2.45. The monoisotopic (exact) mass is 358 g/mol. The van der Waals surface area contributed by atoms with Crippen LogP contribution < -0.4 is 9.47 Å². The van der Waals surface area contributed by atoms with Crippen LogP contribution in [0.5, 0.6) is 11.5 Å². The van der Waals surface area contributed by atoms with Crippen molar-refractivity contribution >= 4 is 0 Å². The molecule has 1 spiro atoms. The van der Waals surface area contributed by atoms with Gasteiger partial charge in [0.25, 0.3) is 0 Å². The van der Waals surface area contributed by atoms with Gasteiger partial charge in [0, 0.05) is 51.2 Å². The van der Waals surface area contributed by atoms with Gasteiger partial charge in [0.2, 0.25) is 6.79 Å². The van der Waals surface area contributed by atoms with E-state index in [0.717, 1.165) is 30.6 Å². The smallest absolute Gasteiger partial charge is 0.231 e. The summed E-state index contributed by atoms with van der Waals surface area (Å²) in [5, 5.41) is 0. The number of likely N-dealkylation sites (tertiary alicyclic amines) is 2. The number of hydrogen-bond donors (Lipinski definition) is 0. The fourth-order valence-electron chi connectivity index (χ4n) is 5.26. The molecule has 3 heterocycles. The van der Waals surface area contributed by atoms with Crippen molar-refractivity contribution in [3.05, 3.63) is 23.8 Å². The Morgan fingerprint density at radius 2 is 2.00 bits per heavy atom. The normalized spacial score (nSPS) is 31.3. The second-order valence-corrected chi connectivity index (χ2v) is 8.80. The molecule has 0 unspecified atom stereocenters. The summed E-state index contributed by atoms with van der Waals surface area (Å²) in [4.78, 5) is 5.35. The van der Waals surface area contributed by atoms with Crippen molar-refractivity contribution in [2.45, 2.75) is 25.8 Å². The van der Waals surface area contributed by atoms with E-state index < -0.39 is 0 Å². The van der Waals surface area contributed by atoms with E-state index >= 15 is 0 Å². The van der Waals surface area contributed by atoms with Crippen molar-refractivity contribution in [2.24, 2.45) is 17.3 Å². The van der Waals surface area contributed by atoms with Gasteiger partial charge in [-0.25, -0.2) is 0 Å². The molecular weight excluding hydrogens is 328 g/mol. The maximum atomic E-state index is 5.61. The molecule has 3 aliphatic heterocycles. The zero-order chi connectivity index (χ0) is 17.6. The fraction of sp³-hybridized carbons (Fsp3) is 0.714. The van der Waals surface area contributed by atoms with Gasteiger partial charge in [0.15, 0.2) is 11.5 Å². The molecule has 5 heteroatoms. The third-order valence-electron chi connectivity index (χ3n) is 6.77. The molecule has 26 heavy (non-hydrogen) atoms. The second kappa shape index (κ2) is 6.70. The zero-order valence-corrected chi connectivity index (χ0v) is 15.8. The fourth-order valence-corrected chi connectivity index (χ4v) is 5.26. The molecular formula is C21H30N2O3. The topological polar surface area (TPSA) is 34.2 Å². The summed E-state index contributed by atoms with van der Waals surface area (Å²) in [5.41, 5.74) is 1.74. The summed E-state index contributed by atoms with van der Waals surface area (Å²) in [6.07, 6.45) is 4.18. The molecule has 3 fully saturated rings. The summed E-state index contributed by atoms with van der Waals surface area (Å²) >= 11 is 0. The van der Waals surface area contributed by atoms with Crippen LogP contribution in [-0.2, 0) is 11.3 Å². The average molecular weight is 358 g/mol. The molecule has 0 bridgehead atoms. The van der Waals surface area contributed by atoms with E-state index in [1.165, 1.54) is 57.5 Å². The van der Waals surface area contributed by atoms with Crippen LogP contribution in [0.4, 0.5) is 0 Å². The first-order chi connectivity index (χ1) is 12.7. The quantitative estimate of drug-likeness (QED) is 0.781. The van der Waals surface area contributed by atoms with Crippen LogP contribution in [0.2, 0.25) is 0 Å². The average Bonchev–Trinajstić information content (AvgIpc) is 3.04. The molecule has 5 rings (SSSR count). The van der Waals surface area contributed by atoms with E-state index in [1.807, 2.05) is 13.2 Å². The highest BCUT2D eigenvalue weighted by atomic mass is 16.7. The van der Waals surface area contributed by atoms with Gasteiger partial charge in [-0.15, -0.1) is 0 Å². The first-order valence-electron chi connectivity index (χ1n) is 10.1. The maximum absolute atomic E-state index is 5.61. The van der Waals surface area contributed by atoms with E-state index in [0.29, 0.717) is 18.1 Å². The van der Waals surface area contributed by atoms with Crippen molar-refractivity contribution in [1.29, 1.82) is 0 Å². The molecule has 0 N–H and O–H groups in total. The number of fused-ring (bicyclic) bond motifs is 1. The Morgan fingerprint density at radius 1 is 1.15 bits per heavy atom. The Morgan fingerprint density at radius 3 is 2.85 bits per heavy atom. The van der Waals surface area contributed by atoms with Crippen molar-refractivity contribution < 1.29 is 14.2 Å². The molecule has 1 aliphatic carbocycles. The lowest BCUT2D eigenvalue weighted by Gasteiger charge is -2.30. The van der Waals surface area contributed by atoms with Crippen LogP contribution in [0.15, 0.2) is 18.2 Å². The molecule has 2 saturated heterocycles. The molecule has 0 radical (unpaired) electrons. The maximum Gasteiger partial charge on any atom is 0.231 e. The summed E-state index contributed by atoms with van der Waals surface area (Å²) in [7, 11) is 1.86. The van der Waals surface area contributed by atoms with Crippen LogP contribution >= 0.6 is 0 Å². The molecule has 0 aromatic heterocycles. The molecule has 1 aromatic rings. The number of benzene rings is 1. The molecule has 1 aromatic carbocycles. The lowest BCUT2D eigenvalue weighted by molar-refractivity contribution is 0.0959. The van der Waals surface area contributed by atoms with Gasteiger partial charge in [0.05, 0.1) is 6.61 Å². The summed E-state index contributed by atoms with van der Waals surface area (Å²) in [6, 6.07) is 6.37. The minimum Gasteiger partial charge on any atom is -0.454 e. The largest absolute Gasteiger partial charge is 0.454 e. The minimum atomic E-state index is 0.348. The molecule has 1 saturated carbocycles. The van der Waals surface area contributed by atoms with Gasteiger partial charge < -0.3 is 19.1 Å². The Balaban J connectivity index is 1.25. The Bertz CT molecular complexity index is 663. The van der Waals surface area contributed by atoms with Gasteiger partial charge >= 0.3 is 0 Å². The third-order valence-corrected chi connectivity index (χ3v) is 6.77. The first-order valence-corrected chi connectivity index (χ1v) is 10.1. The first kappa shape index (κ1) is 16.8. The van der Waals surface area contributed by atoms with Gasteiger partial charge in [-0.3, -0.25) is 4.90 Å². The van der Waals surface area contributed by atoms with E-state index in [2.05, 4.69) is 21.9 Å². The summed E-state index contributed by atoms with van der Waals surface area (Å²) in [5.74, 6) is 3.41. The summed E-state index contributed by atoms with van der Waals surface area (Å²) < 4.78 is 16.6. The Kier molecular flexibility index (Phi) is 4.34. The zero-order valence-electron chi connectivity index (χ0n) is 15.8. The van der Waals surface area contributed by atoms with Crippen LogP contribution in [0.1, 0.15) is 24.8 Å². The highest BCUT2D eigenvalue weighted by molar-refractivity contribution is 5.44. The Labute approximate surface area is 156 Å². The number of rotatable bonds is 6. The van der Waals surface area contributed by atoms with Gasteiger partial charge in [-0.1, -0.05) is 6.07 Å². The highest BCUT2D eigenvalue weighted by Gasteiger charge is 2.50. The van der Waals surface area contributed by atoms with Crippen molar-refractivity contribution in [1.82, 2.24) is 9.80 Å². The predicted octanol–water partition coefficient (Wildman–Crippen LogP) is 2.60. The van der Waals surface area contributed by atoms with Gasteiger partial charge in [0.1, 0.15) is 0 Å². The number of ether oxygens (including phenoxy) is 3. The van der Waals surface area contributed by atoms with E-state index in [9.17, 15) is 0 Å². The molecule has 5 nitrogen and oxygen atoms in total. The van der Waals surface area contributed by atoms with Crippen molar-refractivity contribution in [3.63, 3.8) is 0 Å². The van der Waals surface area contributed by atoms with Crippen LogP contribution in [-0.4, -0.2) is 63.0 Å². The van der Waals surface area contributed by atoms with Gasteiger partial charge in [-0.05, 0) is 49.4 Å². The number of nitrogens with zero attached hydrogens (tertiary/aromatic N) is 2. The molecule has 0 amide bonds. The number of methoxy groups -OCH3 is 1. The van der Waals surface area contributed by atoms with E-state index in [4.69, 9.17) is 14.2 Å². The van der Waals surface area contributed by atoms with Crippen molar-refractivity contribution in [2.75, 3.05) is 53.2 Å². The number of hydrogen-bond acceptors (Lipinski definition) is 5. The van der Waals surface area contributed by atoms with E-state index in [-0.39, 0.29) is 0 Å². The minimum absolute atomic E-state index is 0.348. The summed E-state index contributed by atoms with van der Waals surface area (Å²) in [6.45, 7) is 8.42. The third kappa shape index (κ3) is 3.21. The van der Waals surface area contributed by atoms with E-state index in [1.54, 1.807) is 0 Å². The standard InChI is InChI=1S/C21H30N2O3/c1-24-12-18-11-23(9-16-2-3-16)14-21(18)6-7-22(13-21)10-17-4-5-19-20(8-17)26-15-25-19/h4-5,8,16,18H,2-3,6-7,9-15H2,1H3/t18-,21-/m0/s1. The van der Waals surface area contributed by atoms with Crippen LogP contribution in [0, 0.1) is 17.3 Å².